The largest absolute Gasteiger partial charge is 0.486 e. The number of hydrogen-bond acceptors (Lipinski definition) is 9. The number of amides is 1. The maximum atomic E-state index is 13.2. The molecule has 31 heavy (non-hydrogen) atoms. The summed E-state index contributed by atoms with van der Waals surface area (Å²) in [6, 6.07) is 6.15. The minimum Gasteiger partial charge on any atom is -0.486 e. The van der Waals surface area contributed by atoms with E-state index in [1.54, 1.807) is 6.07 Å². The van der Waals surface area contributed by atoms with Gasteiger partial charge < -0.3 is 18.8 Å². The average molecular weight is 446 g/mol. The van der Waals surface area contributed by atoms with Gasteiger partial charge >= 0.3 is 5.88 Å². The quantitative estimate of drug-likeness (QED) is 0.381. The molecule has 0 atom stereocenters. The van der Waals surface area contributed by atoms with Crippen LogP contribution in [0, 0.1) is 10.1 Å². The van der Waals surface area contributed by atoms with Gasteiger partial charge in [-0.15, -0.1) is 0 Å². The molecule has 0 saturated carbocycles. The van der Waals surface area contributed by atoms with E-state index in [9.17, 15) is 14.9 Å². The number of aromatic nitrogens is 1. The smallest absolute Gasteiger partial charge is 0.433 e. The molecule has 0 N–H and O–H groups in total. The van der Waals surface area contributed by atoms with Crippen molar-refractivity contribution in [1.29, 1.82) is 0 Å². The minimum atomic E-state index is -0.667. The van der Waals surface area contributed by atoms with Crippen LogP contribution in [-0.2, 0) is 0 Å². The van der Waals surface area contributed by atoms with Gasteiger partial charge in [0.1, 0.15) is 18.1 Å². The molecule has 1 aliphatic heterocycles. The van der Waals surface area contributed by atoms with Gasteiger partial charge in [-0.1, -0.05) is 25.2 Å². The first-order chi connectivity index (χ1) is 15.0. The molecule has 4 rings (SSSR count). The lowest BCUT2D eigenvalue weighted by Crippen LogP contribution is -2.38. The van der Waals surface area contributed by atoms with Crippen molar-refractivity contribution in [2.24, 2.45) is 0 Å². The van der Waals surface area contributed by atoms with Crippen molar-refractivity contribution in [3.05, 3.63) is 40.1 Å². The maximum absolute atomic E-state index is 13.2. The van der Waals surface area contributed by atoms with E-state index in [0.717, 1.165) is 17.8 Å². The van der Waals surface area contributed by atoms with Crippen LogP contribution in [0.2, 0.25) is 0 Å². The maximum Gasteiger partial charge on any atom is 0.433 e. The van der Waals surface area contributed by atoms with Crippen molar-refractivity contribution in [3.63, 3.8) is 0 Å². The summed E-state index contributed by atoms with van der Waals surface area (Å²) < 4.78 is 17.3. The number of carbonyl (C=O) groups is 1. The summed E-state index contributed by atoms with van der Waals surface area (Å²) in [7, 11) is 0. The molecule has 0 aliphatic carbocycles. The van der Waals surface area contributed by atoms with Crippen LogP contribution in [0.3, 0.4) is 0 Å². The third-order valence-electron chi connectivity index (χ3n) is 5.03. The number of benzene rings is 1. The van der Waals surface area contributed by atoms with E-state index in [4.69, 9.17) is 13.9 Å². The number of thiazole rings is 1. The highest BCUT2D eigenvalue weighted by atomic mass is 32.1. The monoisotopic (exact) mass is 446 g/mol. The topological polar surface area (TPSA) is 111 Å². The van der Waals surface area contributed by atoms with E-state index in [1.165, 1.54) is 28.4 Å². The van der Waals surface area contributed by atoms with Crippen LogP contribution in [-0.4, -0.2) is 60.1 Å². The standard InChI is InChI=1S/C20H22N4O6S/c1-3-22(4-2)7-8-23(19(25)14-5-6-18(30-14)24(26)27)20-21-13-11-15-16(12-17(13)31-20)29-10-9-28-15/h5-6,11-12H,3-4,7-10H2,1-2H3. The Hall–Kier alpha value is -3.18. The normalized spacial score (nSPS) is 13.0. The lowest BCUT2D eigenvalue weighted by Gasteiger charge is -2.23. The molecule has 0 saturated heterocycles. The lowest BCUT2D eigenvalue weighted by atomic mass is 10.3. The highest BCUT2D eigenvalue weighted by Crippen LogP contribution is 2.39. The minimum absolute atomic E-state index is 0.100. The Kier molecular flexibility index (Phi) is 6.05. The van der Waals surface area contributed by atoms with Gasteiger partial charge in [-0.25, -0.2) is 4.98 Å². The number of rotatable bonds is 8. The van der Waals surface area contributed by atoms with Gasteiger partial charge in [0.2, 0.25) is 0 Å². The molecule has 0 radical (unpaired) electrons. The number of furan rings is 1. The van der Waals surface area contributed by atoms with Gasteiger partial charge in [0.25, 0.3) is 5.91 Å². The van der Waals surface area contributed by atoms with E-state index in [1.807, 2.05) is 19.9 Å². The van der Waals surface area contributed by atoms with E-state index < -0.39 is 16.7 Å². The molecular formula is C20H22N4O6S. The number of anilines is 1. The second kappa shape index (κ2) is 8.90. The van der Waals surface area contributed by atoms with E-state index in [-0.39, 0.29) is 5.76 Å². The summed E-state index contributed by atoms with van der Waals surface area (Å²) >= 11 is 1.35. The fourth-order valence-electron chi connectivity index (χ4n) is 3.31. The summed E-state index contributed by atoms with van der Waals surface area (Å²) in [5.74, 6) is 0.223. The molecule has 0 bridgehead atoms. The van der Waals surface area contributed by atoms with Gasteiger partial charge in [-0.05, 0) is 19.2 Å². The summed E-state index contributed by atoms with van der Waals surface area (Å²) in [4.78, 5) is 31.8. The Morgan fingerprint density at radius 2 is 1.87 bits per heavy atom. The van der Waals surface area contributed by atoms with E-state index >= 15 is 0 Å². The number of likely N-dealkylation sites (N-methyl/N-ethyl adjacent to an activating group) is 1. The van der Waals surface area contributed by atoms with Crippen LogP contribution < -0.4 is 14.4 Å². The third kappa shape index (κ3) is 4.32. The Morgan fingerprint density at radius 1 is 1.16 bits per heavy atom. The number of nitro groups is 1. The zero-order valence-corrected chi connectivity index (χ0v) is 18.0. The fourth-order valence-corrected chi connectivity index (χ4v) is 4.31. The fraction of sp³-hybridized carbons (Fsp3) is 0.400. The van der Waals surface area contributed by atoms with Crippen LogP contribution in [0.1, 0.15) is 24.4 Å². The van der Waals surface area contributed by atoms with Gasteiger partial charge in [0.05, 0.1) is 16.3 Å². The Labute approximate surface area is 182 Å². The van der Waals surface area contributed by atoms with Gasteiger partial charge in [0.15, 0.2) is 22.4 Å². The zero-order chi connectivity index (χ0) is 22.0. The average Bonchev–Trinajstić information content (AvgIpc) is 3.42. The molecule has 1 aromatic carbocycles. The van der Waals surface area contributed by atoms with Crippen molar-refractivity contribution in [3.8, 4) is 11.5 Å². The lowest BCUT2D eigenvalue weighted by molar-refractivity contribution is -0.402. The first-order valence-electron chi connectivity index (χ1n) is 9.98. The molecule has 11 heteroatoms. The molecule has 1 amide bonds. The van der Waals surface area contributed by atoms with Crippen LogP contribution in [0.25, 0.3) is 10.2 Å². The summed E-state index contributed by atoms with van der Waals surface area (Å²) in [5, 5.41) is 11.4. The van der Waals surface area contributed by atoms with Crippen molar-refractivity contribution in [2.45, 2.75) is 13.8 Å². The van der Waals surface area contributed by atoms with Gasteiger partial charge in [-0.3, -0.25) is 19.8 Å². The van der Waals surface area contributed by atoms with Crippen LogP contribution in [0.15, 0.2) is 28.7 Å². The Balaban J connectivity index is 1.68. The molecule has 1 aliphatic rings. The Bertz CT molecular complexity index is 1060. The number of ether oxygens (including phenoxy) is 2. The predicted molar refractivity (Wildman–Crippen MR) is 115 cm³/mol. The number of hydrogen-bond donors (Lipinski definition) is 0. The SMILES string of the molecule is CCN(CC)CCN(C(=O)c1ccc([N+](=O)[O-])o1)c1nc2cc3c(cc2s1)OCCO3. The van der Waals surface area contributed by atoms with Crippen LogP contribution >= 0.6 is 11.3 Å². The van der Waals surface area contributed by atoms with Gasteiger partial charge in [-0.2, -0.15) is 0 Å². The summed E-state index contributed by atoms with van der Waals surface area (Å²) in [6.45, 7) is 7.72. The first kappa shape index (κ1) is 21.1. The second-order valence-corrected chi connectivity index (χ2v) is 7.85. The molecule has 0 spiro atoms. The summed E-state index contributed by atoms with van der Waals surface area (Å²) in [5.41, 5.74) is 0.690. The molecular weight excluding hydrogens is 424 g/mol. The Morgan fingerprint density at radius 3 is 2.52 bits per heavy atom. The third-order valence-corrected chi connectivity index (χ3v) is 6.08. The second-order valence-electron chi connectivity index (χ2n) is 6.84. The van der Waals surface area contributed by atoms with Crippen molar-refractivity contribution in [2.75, 3.05) is 44.3 Å². The molecule has 0 fully saturated rings. The molecule has 0 unspecified atom stereocenters. The molecule has 164 valence electrons. The zero-order valence-electron chi connectivity index (χ0n) is 17.2. The number of nitrogens with zero attached hydrogens (tertiary/aromatic N) is 4. The van der Waals surface area contributed by atoms with E-state index in [2.05, 4.69) is 9.88 Å². The van der Waals surface area contributed by atoms with Crippen molar-refractivity contribution < 1.29 is 23.6 Å². The van der Waals surface area contributed by atoms with Gasteiger partial charge in [0, 0.05) is 25.2 Å². The molecule has 3 heterocycles. The molecule has 3 aromatic rings. The highest BCUT2D eigenvalue weighted by Gasteiger charge is 2.27. The van der Waals surface area contributed by atoms with E-state index in [0.29, 0.717) is 48.5 Å². The number of carbonyl (C=O) groups excluding carboxylic acids is 1. The molecule has 10 nitrogen and oxygen atoms in total. The van der Waals surface area contributed by atoms with Crippen molar-refractivity contribution >= 4 is 38.5 Å². The molecule has 2 aromatic heterocycles. The van der Waals surface area contributed by atoms with Crippen LogP contribution in [0.4, 0.5) is 11.0 Å². The number of fused-ring (bicyclic) bond motifs is 2. The van der Waals surface area contributed by atoms with Crippen molar-refractivity contribution in [1.82, 2.24) is 9.88 Å². The predicted octanol–water partition coefficient (Wildman–Crippen LogP) is 3.56. The first-order valence-corrected chi connectivity index (χ1v) is 10.8. The highest BCUT2D eigenvalue weighted by molar-refractivity contribution is 7.22. The van der Waals surface area contributed by atoms with Crippen LogP contribution in [0.5, 0.6) is 11.5 Å². The summed E-state index contributed by atoms with van der Waals surface area (Å²) in [6.07, 6.45) is 0.